The molecular formula is C9H13N5. The lowest BCUT2D eigenvalue weighted by Gasteiger charge is -2.15. The van der Waals surface area contributed by atoms with Crippen LogP contribution in [0.15, 0.2) is 6.33 Å². The maximum atomic E-state index is 5.40. The van der Waals surface area contributed by atoms with Crippen LogP contribution in [0, 0.1) is 18.3 Å². The standard InChI is InChI=1S/C9H13N5/c1-4-7(6(2)3)13-9-12-5-11-8(10)14-9/h1,5-7H,2-3H3,(H3,10,11,12,13,14). The second kappa shape index (κ2) is 4.42. The Morgan fingerprint density at radius 3 is 2.71 bits per heavy atom. The lowest BCUT2D eigenvalue weighted by Crippen LogP contribution is -2.25. The number of nitrogens with zero attached hydrogens (tertiary/aromatic N) is 3. The summed E-state index contributed by atoms with van der Waals surface area (Å²) in [5.74, 6) is 3.51. The van der Waals surface area contributed by atoms with Crippen molar-refractivity contribution in [2.45, 2.75) is 19.9 Å². The van der Waals surface area contributed by atoms with Gasteiger partial charge >= 0.3 is 0 Å². The molecule has 1 rings (SSSR count). The Morgan fingerprint density at radius 2 is 2.21 bits per heavy atom. The Kier molecular flexibility index (Phi) is 3.24. The second-order valence-corrected chi connectivity index (χ2v) is 3.20. The summed E-state index contributed by atoms with van der Waals surface area (Å²) in [6.07, 6.45) is 6.69. The molecule has 3 N–H and O–H groups in total. The van der Waals surface area contributed by atoms with Gasteiger partial charge in [-0.2, -0.15) is 4.98 Å². The van der Waals surface area contributed by atoms with Crippen LogP contribution in [-0.2, 0) is 0 Å². The van der Waals surface area contributed by atoms with E-state index < -0.39 is 0 Å². The fourth-order valence-electron chi connectivity index (χ4n) is 0.918. The zero-order valence-electron chi connectivity index (χ0n) is 8.23. The smallest absolute Gasteiger partial charge is 0.228 e. The van der Waals surface area contributed by atoms with Crippen molar-refractivity contribution in [3.63, 3.8) is 0 Å². The van der Waals surface area contributed by atoms with Crippen molar-refractivity contribution in [1.29, 1.82) is 0 Å². The molecule has 0 aliphatic carbocycles. The zero-order chi connectivity index (χ0) is 10.6. The summed E-state index contributed by atoms with van der Waals surface area (Å²) in [5, 5.41) is 2.99. The van der Waals surface area contributed by atoms with Gasteiger partial charge in [0.1, 0.15) is 6.33 Å². The minimum atomic E-state index is -0.100. The third kappa shape index (κ3) is 2.59. The number of nitrogen functional groups attached to an aromatic ring is 1. The molecule has 0 amide bonds. The molecule has 5 nitrogen and oxygen atoms in total. The van der Waals surface area contributed by atoms with Crippen molar-refractivity contribution in [1.82, 2.24) is 15.0 Å². The molecule has 0 saturated carbocycles. The van der Waals surface area contributed by atoms with Gasteiger partial charge in [0.25, 0.3) is 0 Å². The molecule has 5 heteroatoms. The topological polar surface area (TPSA) is 76.7 Å². The molecule has 1 aromatic rings. The van der Waals surface area contributed by atoms with E-state index in [-0.39, 0.29) is 12.0 Å². The van der Waals surface area contributed by atoms with E-state index in [0.717, 1.165) is 0 Å². The third-order valence-corrected chi connectivity index (χ3v) is 1.72. The molecule has 14 heavy (non-hydrogen) atoms. The fourth-order valence-corrected chi connectivity index (χ4v) is 0.918. The first-order valence-corrected chi connectivity index (χ1v) is 4.30. The zero-order valence-corrected chi connectivity index (χ0v) is 8.23. The molecule has 0 fully saturated rings. The van der Waals surface area contributed by atoms with Crippen LogP contribution in [0.1, 0.15) is 13.8 Å². The van der Waals surface area contributed by atoms with Gasteiger partial charge in [0.2, 0.25) is 11.9 Å². The highest BCUT2D eigenvalue weighted by Gasteiger charge is 2.10. The van der Waals surface area contributed by atoms with Gasteiger partial charge in [0, 0.05) is 0 Å². The molecule has 1 heterocycles. The van der Waals surface area contributed by atoms with E-state index in [0.29, 0.717) is 11.9 Å². The van der Waals surface area contributed by atoms with Crippen molar-refractivity contribution >= 4 is 11.9 Å². The summed E-state index contributed by atoms with van der Waals surface area (Å²) >= 11 is 0. The van der Waals surface area contributed by atoms with Crippen LogP contribution < -0.4 is 11.1 Å². The number of aromatic nitrogens is 3. The summed E-state index contributed by atoms with van der Waals surface area (Å²) in [5.41, 5.74) is 5.40. The number of anilines is 2. The van der Waals surface area contributed by atoms with Gasteiger partial charge in [0.15, 0.2) is 0 Å². The molecule has 0 aromatic carbocycles. The van der Waals surface area contributed by atoms with Crippen LogP contribution in [0.4, 0.5) is 11.9 Å². The highest BCUT2D eigenvalue weighted by atomic mass is 15.2. The normalized spacial score (nSPS) is 12.1. The van der Waals surface area contributed by atoms with E-state index >= 15 is 0 Å². The number of hydrogen-bond acceptors (Lipinski definition) is 5. The molecular weight excluding hydrogens is 178 g/mol. The van der Waals surface area contributed by atoms with Crippen LogP contribution in [-0.4, -0.2) is 21.0 Å². The first-order valence-electron chi connectivity index (χ1n) is 4.30. The van der Waals surface area contributed by atoms with Crippen LogP contribution in [0.25, 0.3) is 0 Å². The maximum Gasteiger partial charge on any atom is 0.228 e. The molecule has 74 valence electrons. The van der Waals surface area contributed by atoms with Crippen molar-refractivity contribution in [2.24, 2.45) is 5.92 Å². The highest BCUT2D eigenvalue weighted by molar-refractivity contribution is 5.33. The third-order valence-electron chi connectivity index (χ3n) is 1.72. The van der Waals surface area contributed by atoms with E-state index in [2.05, 4.69) is 26.2 Å². The minimum absolute atomic E-state index is 0.100. The summed E-state index contributed by atoms with van der Waals surface area (Å²) in [4.78, 5) is 11.5. The molecule has 1 atom stereocenters. The fraction of sp³-hybridized carbons (Fsp3) is 0.444. The van der Waals surface area contributed by atoms with Crippen LogP contribution in [0.3, 0.4) is 0 Å². The van der Waals surface area contributed by atoms with Gasteiger partial charge in [-0.15, -0.1) is 6.42 Å². The molecule has 1 unspecified atom stereocenters. The van der Waals surface area contributed by atoms with Gasteiger partial charge in [-0.05, 0) is 5.92 Å². The highest BCUT2D eigenvalue weighted by Crippen LogP contribution is 2.07. The largest absolute Gasteiger partial charge is 0.368 e. The second-order valence-electron chi connectivity index (χ2n) is 3.20. The first kappa shape index (κ1) is 10.3. The lowest BCUT2D eigenvalue weighted by atomic mass is 10.1. The summed E-state index contributed by atoms with van der Waals surface area (Å²) in [7, 11) is 0. The Morgan fingerprint density at radius 1 is 1.50 bits per heavy atom. The van der Waals surface area contributed by atoms with Gasteiger partial charge in [0.05, 0.1) is 6.04 Å². The number of rotatable bonds is 3. The minimum Gasteiger partial charge on any atom is -0.368 e. The van der Waals surface area contributed by atoms with Gasteiger partial charge in [-0.3, -0.25) is 0 Å². The van der Waals surface area contributed by atoms with E-state index in [1.165, 1.54) is 6.33 Å². The van der Waals surface area contributed by atoms with Gasteiger partial charge < -0.3 is 11.1 Å². The number of terminal acetylenes is 1. The van der Waals surface area contributed by atoms with Crippen molar-refractivity contribution in [3.05, 3.63) is 6.33 Å². The van der Waals surface area contributed by atoms with Crippen LogP contribution >= 0.6 is 0 Å². The average Bonchev–Trinajstić information content (AvgIpc) is 2.14. The first-order chi connectivity index (χ1) is 6.63. The van der Waals surface area contributed by atoms with Gasteiger partial charge in [-0.1, -0.05) is 19.8 Å². The number of nitrogens with two attached hydrogens (primary N) is 1. The molecule has 1 aromatic heterocycles. The van der Waals surface area contributed by atoms with E-state index in [4.69, 9.17) is 12.2 Å². The molecule has 0 aliphatic heterocycles. The average molecular weight is 191 g/mol. The number of hydrogen-bond donors (Lipinski definition) is 2. The van der Waals surface area contributed by atoms with Crippen molar-refractivity contribution in [3.8, 4) is 12.3 Å². The summed E-state index contributed by atoms with van der Waals surface area (Å²) in [6, 6.07) is -0.100. The predicted octanol–water partition coefficient (Wildman–Crippen LogP) is 0.523. The van der Waals surface area contributed by atoms with Crippen molar-refractivity contribution in [2.75, 3.05) is 11.1 Å². The van der Waals surface area contributed by atoms with E-state index in [1.807, 2.05) is 13.8 Å². The molecule has 0 aliphatic rings. The Balaban J connectivity index is 2.73. The van der Waals surface area contributed by atoms with Crippen molar-refractivity contribution < 1.29 is 0 Å². The Bertz CT molecular complexity index is 341. The van der Waals surface area contributed by atoms with E-state index in [9.17, 15) is 0 Å². The quantitative estimate of drug-likeness (QED) is 0.681. The summed E-state index contributed by atoms with van der Waals surface area (Å²) < 4.78 is 0. The molecule has 0 saturated heterocycles. The van der Waals surface area contributed by atoms with E-state index in [1.54, 1.807) is 0 Å². The predicted molar refractivity (Wildman–Crippen MR) is 55.3 cm³/mol. The molecule has 0 spiro atoms. The summed E-state index contributed by atoms with van der Waals surface area (Å²) in [6.45, 7) is 4.03. The SMILES string of the molecule is C#CC(Nc1ncnc(N)n1)C(C)C. The molecule has 0 radical (unpaired) electrons. The van der Waals surface area contributed by atoms with Crippen LogP contribution in [0.2, 0.25) is 0 Å². The maximum absolute atomic E-state index is 5.40. The Labute approximate surface area is 83.2 Å². The Hall–Kier alpha value is -1.83. The lowest BCUT2D eigenvalue weighted by molar-refractivity contribution is 0.610. The monoisotopic (exact) mass is 191 g/mol. The molecule has 0 bridgehead atoms. The van der Waals surface area contributed by atoms with Crippen LogP contribution in [0.5, 0.6) is 0 Å². The van der Waals surface area contributed by atoms with Gasteiger partial charge in [-0.25, -0.2) is 9.97 Å². The number of nitrogens with one attached hydrogen (secondary N) is 1.